The topological polar surface area (TPSA) is 79.9 Å². The third-order valence-electron chi connectivity index (χ3n) is 5.02. The van der Waals surface area contributed by atoms with Gasteiger partial charge < -0.3 is 10.1 Å². The fourth-order valence-electron chi connectivity index (χ4n) is 3.25. The summed E-state index contributed by atoms with van der Waals surface area (Å²) in [7, 11) is 1.63. The van der Waals surface area contributed by atoms with Crippen LogP contribution in [-0.2, 0) is 11.3 Å². The molecule has 0 aliphatic carbocycles. The lowest BCUT2D eigenvalue weighted by molar-refractivity contribution is -0.121. The van der Waals surface area contributed by atoms with Crippen LogP contribution in [0.2, 0.25) is 5.02 Å². The largest absolute Gasteiger partial charge is 0.497 e. The number of methoxy groups -OCH3 is 1. The van der Waals surface area contributed by atoms with E-state index in [1.165, 1.54) is 11.8 Å². The number of halogens is 1. The van der Waals surface area contributed by atoms with Gasteiger partial charge in [-0.1, -0.05) is 65.8 Å². The van der Waals surface area contributed by atoms with Crippen LogP contribution in [0, 0.1) is 0 Å². The van der Waals surface area contributed by atoms with Gasteiger partial charge in [-0.3, -0.25) is 9.89 Å². The van der Waals surface area contributed by atoms with Gasteiger partial charge in [0.2, 0.25) is 11.1 Å². The molecular weight excluding hydrogens is 456 g/mol. The summed E-state index contributed by atoms with van der Waals surface area (Å²) in [5, 5.41) is 11.4. The average Bonchev–Trinajstić information content (AvgIpc) is 3.32. The normalized spacial score (nSPS) is 11.7. The molecule has 1 aromatic heterocycles. The van der Waals surface area contributed by atoms with Crippen LogP contribution in [0.25, 0.3) is 11.4 Å². The molecule has 1 heterocycles. The molecule has 0 saturated carbocycles. The number of nitrogens with one attached hydrogen (secondary N) is 2. The van der Waals surface area contributed by atoms with E-state index in [-0.39, 0.29) is 17.6 Å². The third-order valence-corrected chi connectivity index (χ3v) is 6.39. The van der Waals surface area contributed by atoms with Gasteiger partial charge in [-0.15, -0.1) is 5.10 Å². The zero-order chi connectivity index (χ0) is 23.0. The van der Waals surface area contributed by atoms with E-state index in [1.54, 1.807) is 7.11 Å². The molecule has 1 atom stereocenters. The summed E-state index contributed by atoms with van der Waals surface area (Å²) in [5.74, 6) is 1.37. The Kier molecular flexibility index (Phi) is 7.65. The van der Waals surface area contributed by atoms with Gasteiger partial charge in [0.15, 0.2) is 5.82 Å². The molecule has 3 aromatic carbocycles. The smallest absolute Gasteiger partial charge is 0.221 e. The standard InChI is InChI=1S/C25H23ClN4O2S/c1-32-21-13-9-18(10-14-21)22(15-23(31)27-16-17-5-3-2-4-6-17)33-25-28-24(29-30-25)19-7-11-20(26)12-8-19/h2-14,22H,15-16H2,1H3,(H,27,31)(H,28,29,30)/t22-/m0/s1. The number of ether oxygens (including phenoxy) is 1. The highest BCUT2D eigenvalue weighted by Gasteiger charge is 2.20. The summed E-state index contributed by atoms with van der Waals surface area (Å²) in [4.78, 5) is 17.4. The van der Waals surface area contributed by atoms with Crippen LogP contribution in [0.15, 0.2) is 84.0 Å². The van der Waals surface area contributed by atoms with Crippen LogP contribution < -0.4 is 10.1 Å². The zero-order valence-electron chi connectivity index (χ0n) is 18.0. The maximum atomic E-state index is 12.8. The molecule has 0 spiro atoms. The fraction of sp³-hybridized carbons (Fsp3) is 0.160. The summed E-state index contributed by atoms with van der Waals surface area (Å²) in [5.41, 5.74) is 2.94. The molecule has 4 rings (SSSR count). The molecule has 8 heteroatoms. The second kappa shape index (κ2) is 11.0. The highest BCUT2D eigenvalue weighted by Crippen LogP contribution is 2.37. The Morgan fingerprint density at radius 1 is 1.06 bits per heavy atom. The van der Waals surface area contributed by atoms with Crippen molar-refractivity contribution in [2.75, 3.05) is 7.11 Å². The van der Waals surface area contributed by atoms with Crippen molar-refractivity contribution in [3.05, 3.63) is 95.0 Å². The van der Waals surface area contributed by atoms with Crippen molar-refractivity contribution in [3.8, 4) is 17.1 Å². The second-order valence-corrected chi connectivity index (χ2v) is 8.93. The summed E-state index contributed by atoms with van der Waals surface area (Å²) in [6.07, 6.45) is 0.286. The van der Waals surface area contributed by atoms with E-state index in [0.717, 1.165) is 22.4 Å². The van der Waals surface area contributed by atoms with Gasteiger partial charge in [-0.05, 0) is 47.5 Å². The van der Waals surface area contributed by atoms with Crippen molar-refractivity contribution in [2.24, 2.45) is 0 Å². The zero-order valence-corrected chi connectivity index (χ0v) is 19.6. The molecule has 168 valence electrons. The van der Waals surface area contributed by atoms with Gasteiger partial charge in [-0.2, -0.15) is 0 Å². The Labute approximate surface area is 201 Å². The predicted molar refractivity (Wildman–Crippen MR) is 131 cm³/mol. The monoisotopic (exact) mass is 478 g/mol. The van der Waals surface area contributed by atoms with Crippen molar-refractivity contribution in [1.82, 2.24) is 20.5 Å². The Balaban J connectivity index is 1.48. The van der Waals surface area contributed by atoms with E-state index in [0.29, 0.717) is 22.5 Å². The van der Waals surface area contributed by atoms with Gasteiger partial charge >= 0.3 is 0 Å². The van der Waals surface area contributed by atoms with Gasteiger partial charge in [0.25, 0.3) is 0 Å². The summed E-state index contributed by atoms with van der Waals surface area (Å²) in [6, 6.07) is 24.9. The summed E-state index contributed by atoms with van der Waals surface area (Å²) in [6.45, 7) is 0.487. The van der Waals surface area contributed by atoms with Crippen LogP contribution in [0.5, 0.6) is 5.75 Å². The molecule has 0 bridgehead atoms. The number of benzene rings is 3. The minimum atomic E-state index is -0.166. The molecule has 0 fully saturated rings. The Morgan fingerprint density at radius 2 is 1.79 bits per heavy atom. The Hall–Kier alpha value is -3.29. The molecule has 2 N–H and O–H groups in total. The number of thioether (sulfide) groups is 1. The number of carbonyl (C=O) groups excluding carboxylic acids is 1. The number of hydrogen-bond acceptors (Lipinski definition) is 5. The van der Waals surface area contributed by atoms with Gasteiger partial charge in [0, 0.05) is 28.8 Å². The van der Waals surface area contributed by atoms with Crippen LogP contribution >= 0.6 is 23.4 Å². The first-order valence-corrected chi connectivity index (χ1v) is 11.7. The number of amides is 1. The quantitative estimate of drug-likeness (QED) is 0.303. The number of rotatable bonds is 9. The number of hydrogen-bond donors (Lipinski definition) is 2. The lowest BCUT2D eigenvalue weighted by Crippen LogP contribution is -2.24. The van der Waals surface area contributed by atoms with Gasteiger partial charge in [-0.25, -0.2) is 4.98 Å². The molecule has 33 heavy (non-hydrogen) atoms. The number of aromatic amines is 1. The van der Waals surface area contributed by atoms with Crippen LogP contribution in [0.4, 0.5) is 0 Å². The molecule has 0 radical (unpaired) electrons. The molecular formula is C25H23ClN4O2S. The maximum Gasteiger partial charge on any atom is 0.221 e. The van der Waals surface area contributed by atoms with E-state index < -0.39 is 0 Å². The highest BCUT2D eigenvalue weighted by atomic mass is 35.5. The van der Waals surface area contributed by atoms with E-state index in [4.69, 9.17) is 16.3 Å². The van der Waals surface area contributed by atoms with Crippen molar-refractivity contribution in [3.63, 3.8) is 0 Å². The number of H-pyrrole nitrogens is 1. The Bertz CT molecular complexity index is 1180. The molecule has 1 amide bonds. The van der Waals surface area contributed by atoms with Gasteiger partial charge in [0.1, 0.15) is 5.75 Å². The van der Waals surface area contributed by atoms with Crippen LogP contribution in [0.1, 0.15) is 22.8 Å². The second-order valence-electron chi connectivity index (χ2n) is 7.32. The fourth-order valence-corrected chi connectivity index (χ4v) is 4.40. The summed E-state index contributed by atoms with van der Waals surface area (Å²) >= 11 is 7.42. The SMILES string of the molecule is COc1ccc([C@H](CC(=O)NCc2ccccc2)Sc2n[nH]c(-c3ccc(Cl)cc3)n2)cc1. The molecule has 0 saturated heterocycles. The lowest BCUT2D eigenvalue weighted by Gasteiger charge is -2.16. The first-order chi connectivity index (χ1) is 16.1. The molecule has 4 aromatic rings. The third kappa shape index (κ3) is 6.37. The van der Waals surface area contributed by atoms with Crippen LogP contribution in [0.3, 0.4) is 0 Å². The molecule has 0 aliphatic rings. The van der Waals surface area contributed by atoms with E-state index >= 15 is 0 Å². The molecule has 0 aliphatic heterocycles. The first kappa shape index (κ1) is 22.9. The van der Waals surface area contributed by atoms with Crippen LogP contribution in [-0.4, -0.2) is 28.2 Å². The van der Waals surface area contributed by atoms with E-state index in [9.17, 15) is 4.79 Å². The van der Waals surface area contributed by atoms with Crippen molar-refractivity contribution < 1.29 is 9.53 Å². The maximum absolute atomic E-state index is 12.8. The van der Waals surface area contributed by atoms with E-state index in [1.807, 2.05) is 78.9 Å². The number of carbonyl (C=O) groups is 1. The minimum Gasteiger partial charge on any atom is -0.497 e. The molecule has 0 unspecified atom stereocenters. The summed E-state index contributed by atoms with van der Waals surface area (Å²) < 4.78 is 5.27. The molecule has 6 nitrogen and oxygen atoms in total. The van der Waals surface area contributed by atoms with Crippen molar-refractivity contribution in [2.45, 2.75) is 23.4 Å². The van der Waals surface area contributed by atoms with E-state index in [2.05, 4.69) is 20.5 Å². The predicted octanol–water partition coefficient (Wildman–Crippen LogP) is 5.67. The van der Waals surface area contributed by atoms with Gasteiger partial charge in [0.05, 0.1) is 7.11 Å². The highest BCUT2D eigenvalue weighted by molar-refractivity contribution is 7.99. The Morgan fingerprint density at radius 3 is 2.48 bits per heavy atom. The van der Waals surface area contributed by atoms with Crippen molar-refractivity contribution in [1.29, 1.82) is 0 Å². The number of nitrogens with zero attached hydrogens (tertiary/aromatic N) is 2. The lowest BCUT2D eigenvalue weighted by atomic mass is 10.1. The van der Waals surface area contributed by atoms with Crippen molar-refractivity contribution >= 4 is 29.3 Å². The first-order valence-electron chi connectivity index (χ1n) is 10.4. The minimum absolute atomic E-state index is 0.0411. The average molecular weight is 479 g/mol. The number of aromatic nitrogens is 3.